The standard InChI is InChI=1S/C28H31N5O/c1-28(2)24(30-16-19-9-5-3-6-10-19)13-14-25(28)32-26-22(27(29)34)17-31-33-18-21(15-23(26)33)20-11-7-4-8-12-20/h3-12,15,17-18,24-25,30,32H,13-14,16H2,1-2H3,(H2,29,34)/t24-,25+/m0/s1. The lowest BCUT2D eigenvalue weighted by molar-refractivity contribution is 0.100. The largest absolute Gasteiger partial charge is 0.379 e. The lowest BCUT2D eigenvalue weighted by atomic mass is 9.83. The molecular formula is C28H31N5O. The maximum Gasteiger partial charge on any atom is 0.252 e. The van der Waals surface area contributed by atoms with Crippen LogP contribution in [0.1, 0.15) is 42.6 Å². The van der Waals surface area contributed by atoms with Crippen molar-refractivity contribution in [2.24, 2.45) is 11.1 Å². The summed E-state index contributed by atoms with van der Waals surface area (Å²) in [6.45, 7) is 5.42. The first-order valence-corrected chi connectivity index (χ1v) is 11.8. The SMILES string of the molecule is CC1(C)[C@@H](NCc2ccccc2)CC[C@H]1Nc1c(C(N)=O)cnn2cc(-c3ccccc3)cc12. The highest BCUT2D eigenvalue weighted by Gasteiger charge is 2.43. The van der Waals surface area contributed by atoms with Crippen LogP contribution in [0, 0.1) is 5.41 Å². The number of primary amides is 1. The molecule has 1 amide bonds. The van der Waals surface area contributed by atoms with Crippen molar-refractivity contribution in [1.82, 2.24) is 14.9 Å². The third-order valence-corrected chi connectivity index (χ3v) is 7.26. The van der Waals surface area contributed by atoms with Gasteiger partial charge in [0.05, 0.1) is 23.0 Å². The third kappa shape index (κ3) is 4.17. The van der Waals surface area contributed by atoms with Crippen molar-refractivity contribution in [3.05, 3.63) is 90.3 Å². The van der Waals surface area contributed by atoms with Crippen LogP contribution >= 0.6 is 0 Å². The molecule has 174 valence electrons. The lowest BCUT2D eigenvalue weighted by Crippen LogP contribution is -2.44. The van der Waals surface area contributed by atoms with E-state index in [9.17, 15) is 4.79 Å². The predicted octanol–water partition coefficient (Wildman–Crippen LogP) is 4.86. The fraction of sp³-hybridized carbons (Fsp3) is 0.286. The quantitative estimate of drug-likeness (QED) is 0.373. The molecule has 1 aliphatic carbocycles. The summed E-state index contributed by atoms with van der Waals surface area (Å²) in [5.41, 5.74) is 11.2. The van der Waals surface area contributed by atoms with Crippen LogP contribution in [0.5, 0.6) is 0 Å². The molecular weight excluding hydrogens is 422 g/mol. The molecule has 0 radical (unpaired) electrons. The number of anilines is 1. The van der Waals surface area contributed by atoms with Crippen LogP contribution in [0.2, 0.25) is 0 Å². The van der Waals surface area contributed by atoms with Crippen molar-refractivity contribution in [1.29, 1.82) is 0 Å². The molecule has 0 saturated heterocycles. The first-order chi connectivity index (χ1) is 16.4. The van der Waals surface area contributed by atoms with Crippen molar-refractivity contribution in [3.63, 3.8) is 0 Å². The molecule has 2 heterocycles. The van der Waals surface area contributed by atoms with Crippen LogP contribution in [-0.4, -0.2) is 27.6 Å². The maximum absolute atomic E-state index is 12.3. The highest BCUT2D eigenvalue weighted by Crippen LogP contribution is 2.41. The predicted molar refractivity (Wildman–Crippen MR) is 137 cm³/mol. The Balaban J connectivity index is 1.43. The van der Waals surface area contributed by atoms with Crippen LogP contribution in [0.3, 0.4) is 0 Å². The van der Waals surface area contributed by atoms with E-state index in [0.29, 0.717) is 11.6 Å². The summed E-state index contributed by atoms with van der Waals surface area (Å²) in [7, 11) is 0. The van der Waals surface area contributed by atoms with Gasteiger partial charge in [-0.2, -0.15) is 5.10 Å². The second-order valence-electron chi connectivity index (χ2n) is 9.74. The van der Waals surface area contributed by atoms with E-state index in [1.54, 1.807) is 6.20 Å². The van der Waals surface area contributed by atoms with Gasteiger partial charge in [0.15, 0.2) is 0 Å². The molecule has 2 aromatic heterocycles. The summed E-state index contributed by atoms with van der Waals surface area (Å²) in [6, 6.07) is 23.3. The summed E-state index contributed by atoms with van der Waals surface area (Å²) in [4.78, 5) is 12.3. The van der Waals surface area contributed by atoms with Gasteiger partial charge in [-0.05, 0) is 30.0 Å². The molecule has 1 fully saturated rings. The van der Waals surface area contributed by atoms with Gasteiger partial charge in [0, 0.05) is 35.8 Å². The molecule has 6 heteroatoms. The van der Waals surface area contributed by atoms with Gasteiger partial charge in [0.25, 0.3) is 5.91 Å². The van der Waals surface area contributed by atoms with Gasteiger partial charge < -0.3 is 16.4 Å². The Hall–Kier alpha value is -3.64. The zero-order chi connectivity index (χ0) is 23.7. The Bertz CT molecular complexity index is 1300. The van der Waals surface area contributed by atoms with E-state index in [0.717, 1.165) is 41.7 Å². The van der Waals surface area contributed by atoms with Crippen molar-refractivity contribution >= 4 is 17.1 Å². The van der Waals surface area contributed by atoms with E-state index in [4.69, 9.17) is 5.73 Å². The average molecular weight is 454 g/mol. The fourth-order valence-corrected chi connectivity index (χ4v) is 5.14. The third-order valence-electron chi connectivity index (χ3n) is 7.26. The van der Waals surface area contributed by atoms with Gasteiger partial charge in [-0.3, -0.25) is 4.79 Å². The number of carbonyl (C=O) groups excluding carboxylic acids is 1. The Labute approximate surface area is 200 Å². The molecule has 1 saturated carbocycles. The molecule has 5 rings (SSSR count). The summed E-state index contributed by atoms with van der Waals surface area (Å²) in [5.74, 6) is -0.477. The first kappa shape index (κ1) is 22.2. The number of nitrogens with zero attached hydrogens (tertiary/aromatic N) is 2. The van der Waals surface area contributed by atoms with Gasteiger partial charge in [-0.15, -0.1) is 0 Å². The number of nitrogens with one attached hydrogen (secondary N) is 2. The number of amides is 1. The van der Waals surface area contributed by atoms with Crippen LogP contribution in [0.15, 0.2) is 79.1 Å². The second-order valence-corrected chi connectivity index (χ2v) is 9.74. The Morgan fingerprint density at radius 2 is 1.71 bits per heavy atom. The van der Waals surface area contributed by atoms with Gasteiger partial charge in [0.2, 0.25) is 0 Å². The zero-order valence-electron chi connectivity index (χ0n) is 19.7. The number of fused-ring (bicyclic) bond motifs is 1. The van der Waals surface area contributed by atoms with Crippen molar-refractivity contribution < 1.29 is 4.79 Å². The summed E-state index contributed by atoms with van der Waals surface area (Å²) < 4.78 is 1.82. The Kier molecular flexibility index (Phi) is 5.84. The number of aromatic nitrogens is 2. The molecule has 4 aromatic rings. The highest BCUT2D eigenvalue weighted by molar-refractivity contribution is 6.02. The molecule has 0 aliphatic heterocycles. The minimum atomic E-state index is -0.477. The van der Waals surface area contributed by atoms with E-state index in [2.05, 4.69) is 72.0 Å². The molecule has 0 unspecified atom stereocenters. The second kappa shape index (κ2) is 8.95. The number of benzene rings is 2. The van der Waals surface area contributed by atoms with E-state index in [1.165, 1.54) is 5.56 Å². The minimum absolute atomic E-state index is 0.0290. The molecule has 0 bridgehead atoms. The van der Waals surface area contributed by atoms with Crippen LogP contribution < -0.4 is 16.4 Å². The highest BCUT2D eigenvalue weighted by atomic mass is 16.1. The summed E-state index contributed by atoms with van der Waals surface area (Å²) >= 11 is 0. The van der Waals surface area contributed by atoms with Crippen LogP contribution in [0.4, 0.5) is 5.69 Å². The Morgan fingerprint density at radius 3 is 2.41 bits per heavy atom. The van der Waals surface area contributed by atoms with Gasteiger partial charge in [-0.25, -0.2) is 4.52 Å². The number of hydrogen-bond donors (Lipinski definition) is 3. The molecule has 0 spiro atoms. The van der Waals surface area contributed by atoms with E-state index in [-0.39, 0.29) is 11.5 Å². The van der Waals surface area contributed by atoms with Gasteiger partial charge in [-0.1, -0.05) is 74.5 Å². The van der Waals surface area contributed by atoms with E-state index < -0.39 is 5.91 Å². The molecule has 34 heavy (non-hydrogen) atoms. The van der Waals surface area contributed by atoms with E-state index >= 15 is 0 Å². The lowest BCUT2D eigenvalue weighted by Gasteiger charge is -2.35. The van der Waals surface area contributed by atoms with Gasteiger partial charge in [0.1, 0.15) is 0 Å². The number of nitrogens with two attached hydrogens (primary N) is 1. The molecule has 1 aliphatic rings. The molecule has 2 aromatic carbocycles. The maximum atomic E-state index is 12.3. The van der Waals surface area contributed by atoms with E-state index in [1.807, 2.05) is 35.0 Å². The summed E-state index contributed by atoms with van der Waals surface area (Å²) in [6.07, 6.45) is 5.61. The topological polar surface area (TPSA) is 84.5 Å². The first-order valence-electron chi connectivity index (χ1n) is 11.8. The monoisotopic (exact) mass is 453 g/mol. The fourth-order valence-electron chi connectivity index (χ4n) is 5.14. The molecule has 4 N–H and O–H groups in total. The number of hydrogen-bond acceptors (Lipinski definition) is 4. The Morgan fingerprint density at radius 1 is 1.03 bits per heavy atom. The van der Waals surface area contributed by atoms with Crippen molar-refractivity contribution in [2.75, 3.05) is 5.32 Å². The van der Waals surface area contributed by atoms with Crippen LogP contribution in [-0.2, 0) is 6.54 Å². The summed E-state index contributed by atoms with van der Waals surface area (Å²) in [5, 5.41) is 11.9. The average Bonchev–Trinajstić information content (AvgIpc) is 3.40. The zero-order valence-corrected chi connectivity index (χ0v) is 19.7. The smallest absolute Gasteiger partial charge is 0.252 e. The van der Waals surface area contributed by atoms with Crippen molar-refractivity contribution in [2.45, 2.75) is 45.3 Å². The van der Waals surface area contributed by atoms with Crippen LogP contribution in [0.25, 0.3) is 16.6 Å². The molecule has 2 atom stereocenters. The van der Waals surface area contributed by atoms with Crippen molar-refractivity contribution in [3.8, 4) is 11.1 Å². The minimum Gasteiger partial charge on any atom is -0.379 e. The number of carbonyl (C=O) groups is 1. The molecule has 6 nitrogen and oxygen atoms in total. The van der Waals surface area contributed by atoms with Gasteiger partial charge >= 0.3 is 0 Å². The normalized spacial score (nSPS) is 19.4. The number of rotatable bonds is 7.